The molecule has 1 N–H and O–H groups in total. The number of aliphatic hydroxyl groups is 1. The lowest BCUT2D eigenvalue weighted by Gasteiger charge is -2.26. The van der Waals surface area contributed by atoms with Gasteiger partial charge in [0.25, 0.3) is 0 Å². The second-order valence-corrected chi connectivity index (χ2v) is 7.84. The molecule has 1 saturated heterocycles. The number of nitrogens with zero attached hydrogens (tertiary/aromatic N) is 1. The predicted octanol–water partition coefficient (Wildman–Crippen LogP) is 2.49. The number of morpholine rings is 1. The molecule has 144 valence electrons. The van der Waals surface area contributed by atoms with Crippen LogP contribution in [-0.4, -0.2) is 66.9 Å². The van der Waals surface area contributed by atoms with Crippen molar-refractivity contribution >= 4 is 17.6 Å². The molecule has 6 heteroatoms. The first kappa shape index (κ1) is 19.6. The molecule has 0 aromatic heterocycles. The highest BCUT2D eigenvalue weighted by atomic mass is 35.5. The molecule has 1 aliphatic carbocycles. The van der Waals surface area contributed by atoms with E-state index in [4.69, 9.17) is 21.1 Å². The van der Waals surface area contributed by atoms with Crippen molar-refractivity contribution in [2.75, 3.05) is 39.5 Å². The van der Waals surface area contributed by atoms with E-state index < -0.39 is 0 Å². The highest BCUT2D eigenvalue weighted by Gasteiger charge is 2.31. The second kappa shape index (κ2) is 9.70. The Hall–Kier alpha value is -1.14. The van der Waals surface area contributed by atoms with Crippen LogP contribution in [0.4, 0.5) is 0 Å². The number of benzene rings is 1. The van der Waals surface area contributed by atoms with E-state index in [1.807, 2.05) is 24.3 Å². The zero-order chi connectivity index (χ0) is 18.4. The number of alkyl halides is 1. The van der Waals surface area contributed by atoms with Gasteiger partial charge in [-0.15, -0.1) is 11.6 Å². The van der Waals surface area contributed by atoms with Crippen molar-refractivity contribution < 1.29 is 19.4 Å². The Morgan fingerprint density at radius 3 is 2.62 bits per heavy atom. The van der Waals surface area contributed by atoms with E-state index in [2.05, 4.69) is 4.90 Å². The summed E-state index contributed by atoms with van der Waals surface area (Å²) in [4.78, 5) is 14.4. The Morgan fingerprint density at radius 2 is 1.96 bits per heavy atom. The highest BCUT2D eigenvalue weighted by Crippen LogP contribution is 2.33. The van der Waals surface area contributed by atoms with Crippen molar-refractivity contribution in [2.45, 2.75) is 37.2 Å². The Balaban J connectivity index is 1.39. The van der Waals surface area contributed by atoms with Gasteiger partial charge in [0.05, 0.1) is 24.9 Å². The molecule has 0 radical (unpaired) electrons. The maximum atomic E-state index is 12.1. The molecular weight excluding hydrogens is 354 g/mol. The maximum Gasteiger partial charge on any atom is 0.338 e. The Labute approximate surface area is 160 Å². The summed E-state index contributed by atoms with van der Waals surface area (Å²) in [6, 6.07) is 7.58. The number of carbonyl (C=O) groups excluding carboxylic acids is 1. The van der Waals surface area contributed by atoms with Gasteiger partial charge in [0.15, 0.2) is 0 Å². The van der Waals surface area contributed by atoms with Crippen molar-refractivity contribution in [2.24, 2.45) is 5.92 Å². The van der Waals surface area contributed by atoms with E-state index in [0.29, 0.717) is 18.6 Å². The van der Waals surface area contributed by atoms with Gasteiger partial charge in [-0.3, -0.25) is 4.90 Å². The Morgan fingerprint density at radius 1 is 1.23 bits per heavy atom. The fourth-order valence-corrected chi connectivity index (χ4v) is 4.09. The van der Waals surface area contributed by atoms with Gasteiger partial charge in [0, 0.05) is 25.0 Å². The topological polar surface area (TPSA) is 59.0 Å². The number of aliphatic hydroxyl groups excluding tert-OH is 1. The first-order valence-corrected chi connectivity index (χ1v) is 9.94. The van der Waals surface area contributed by atoms with Crippen LogP contribution in [0.5, 0.6) is 0 Å². The summed E-state index contributed by atoms with van der Waals surface area (Å²) in [5.41, 5.74) is 1.75. The van der Waals surface area contributed by atoms with Gasteiger partial charge in [-0.05, 0) is 49.3 Å². The third-order valence-electron chi connectivity index (χ3n) is 5.34. The minimum atomic E-state index is -0.279. The van der Waals surface area contributed by atoms with Crippen LogP contribution >= 0.6 is 11.6 Å². The molecule has 0 spiro atoms. The summed E-state index contributed by atoms with van der Waals surface area (Å²) in [6.07, 6.45) is 3.11. The highest BCUT2D eigenvalue weighted by molar-refractivity contribution is 6.20. The number of aryl methyl sites for hydroxylation is 1. The monoisotopic (exact) mass is 381 g/mol. The summed E-state index contributed by atoms with van der Waals surface area (Å²) in [5, 5.41) is 10.1. The van der Waals surface area contributed by atoms with Crippen molar-refractivity contribution in [3.63, 3.8) is 0 Å². The van der Waals surface area contributed by atoms with Gasteiger partial charge in [-0.25, -0.2) is 4.79 Å². The number of rotatable bonds is 7. The quantitative estimate of drug-likeness (QED) is 0.581. The number of esters is 1. The third-order valence-corrected chi connectivity index (χ3v) is 5.69. The maximum absolute atomic E-state index is 12.1. The molecule has 3 rings (SSSR count). The van der Waals surface area contributed by atoms with Gasteiger partial charge in [0.2, 0.25) is 0 Å². The minimum absolute atomic E-state index is 0.101. The van der Waals surface area contributed by atoms with Crippen LogP contribution in [0.15, 0.2) is 24.3 Å². The van der Waals surface area contributed by atoms with Gasteiger partial charge >= 0.3 is 5.97 Å². The van der Waals surface area contributed by atoms with Gasteiger partial charge < -0.3 is 14.6 Å². The number of halogens is 1. The number of hydrogen-bond donors (Lipinski definition) is 1. The van der Waals surface area contributed by atoms with Crippen LogP contribution < -0.4 is 0 Å². The molecule has 5 nitrogen and oxygen atoms in total. The lowest BCUT2D eigenvalue weighted by Crippen LogP contribution is -2.38. The Bertz CT molecular complexity index is 574. The van der Waals surface area contributed by atoms with Crippen LogP contribution in [0.25, 0.3) is 0 Å². The molecule has 0 bridgehead atoms. The number of ether oxygens (including phenoxy) is 2. The third kappa shape index (κ3) is 5.68. The standard InChI is InChI=1S/C20H28ClNO4/c21-18-13-17(19(23)14-18)6-3-15-1-4-16(5-2-15)20(24)26-12-9-22-7-10-25-11-8-22/h1-2,4-5,17-19,23H,3,6-14H2/t17-,18?,19?/m1/s1. The molecule has 2 fully saturated rings. The van der Waals surface area contributed by atoms with E-state index in [9.17, 15) is 9.90 Å². The first-order chi connectivity index (χ1) is 12.6. The number of carbonyl (C=O) groups is 1. The molecule has 1 heterocycles. The molecule has 1 aliphatic heterocycles. The molecular formula is C20H28ClNO4. The molecule has 0 amide bonds. The van der Waals surface area contributed by atoms with Crippen molar-refractivity contribution in [1.29, 1.82) is 0 Å². The van der Waals surface area contributed by atoms with Crippen LogP contribution in [-0.2, 0) is 15.9 Å². The molecule has 1 aromatic carbocycles. The average Bonchev–Trinajstić information content (AvgIpc) is 2.98. The first-order valence-electron chi connectivity index (χ1n) is 9.50. The smallest absolute Gasteiger partial charge is 0.338 e. The molecule has 1 aromatic rings. The Kier molecular flexibility index (Phi) is 7.32. The second-order valence-electron chi connectivity index (χ2n) is 7.22. The molecule has 2 aliphatic rings. The zero-order valence-electron chi connectivity index (χ0n) is 15.1. The molecule has 1 saturated carbocycles. The zero-order valence-corrected chi connectivity index (χ0v) is 15.9. The molecule has 3 atom stereocenters. The lowest BCUT2D eigenvalue weighted by atomic mass is 9.96. The van der Waals surface area contributed by atoms with Gasteiger partial charge in [-0.1, -0.05) is 12.1 Å². The average molecular weight is 382 g/mol. The van der Waals surface area contributed by atoms with Crippen LogP contribution in [0, 0.1) is 5.92 Å². The lowest BCUT2D eigenvalue weighted by molar-refractivity contribution is 0.0195. The van der Waals surface area contributed by atoms with E-state index in [-0.39, 0.29) is 23.4 Å². The summed E-state index contributed by atoms with van der Waals surface area (Å²) < 4.78 is 10.7. The van der Waals surface area contributed by atoms with Crippen LogP contribution in [0.1, 0.15) is 35.2 Å². The normalized spacial score (nSPS) is 26.8. The largest absolute Gasteiger partial charge is 0.461 e. The van der Waals surface area contributed by atoms with Crippen molar-refractivity contribution in [3.05, 3.63) is 35.4 Å². The number of hydrogen-bond acceptors (Lipinski definition) is 5. The van der Waals surface area contributed by atoms with Crippen molar-refractivity contribution in [1.82, 2.24) is 4.90 Å². The predicted molar refractivity (Wildman–Crippen MR) is 101 cm³/mol. The summed E-state index contributed by atoms with van der Waals surface area (Å²) in [5.74, 6) is 0.00309. The van der Waals surface area contributed by atoms with Crippen LogP contribution in [0.3, 0.4) is 0 Å². The van der Waals surface area contributed by atoms with E-state index in [1.54, 1.807) is 0 Å². The van der Waals surface area contributed by atoms with Gasteiger partial charge in [-0.2, -0.15) is 0 Å². The summed E-state index contributed by atoms with van der Waals surface area (Å²) in [6.45, 7) is 4.44. The fraction of sp³-hybridized carbons (Fsp3) is 0.650. The van der Waals surface area contributed by atoms with E-state index >= 15 is 0 Å². The fourth-order valence-electron chi connectivity index (χ4n) is 3.68. The van der Waals surface area contributed by atoms with Crippen molar-refractivity contribution in [3.8, 4) is 0 Å². The molecule has 2 unspecified atom stereocenters. The van der Waals surface area contributed by atoms with E-state index in [0.717, 1.165) is 52.1 Å². The summed E-state index contributed by atoms with van der Waals surface area (Å²) >= 11 is 6.11. The summed E-state index contributed by atoms with van der Waals surface area (Å²) in [7, 11) is 0. The SMILES string of the molecule is O=C(OCCN1CCOCC1)c1ccc(CC[C@@H]2CC(Cl)CC2O)cc1. The minimum Gasteiger partial charge on any atom is -0.461 e. The molecule has 26 heavy (non-hydrogen) atoms. The van der Waals surface area contributed by atoms with Gasteiger partial charge in [0.1, 0.15) is 6.61 Å². The van der Waals surface area contributed by atoms with E-state index in [1.165, 1.54) is 5.56 Å². The van der Waals surface area contributed by atoms with Crippen LogP contribution in [0.2, 0.25) is 0 Å².